The van der Waals surface area contributed by atoms with Gasteiger partial charge in [0.15, 0.2) is 5.82 Å². The van der Waals surface area contributed by atoms with E-state index in [1.54, 1.807) is 17.0 Å². The van der Waals surface area contributed by atoms with E-state index >= 15 is 0 Å². The first-order chi connectivity index (χ1) is 9.38. The molecule has 1 aliphatic carbocycles. The van der Waals surface area contributed by atoms with Crippen LogP contribution in [0.2, 0.25) is 0 Å². The van der Waals surface area contributed by atoms with E-state index in [9.17, 15) is 9.90 Å². The molecule has 1 fully saturated rings. The number of aromatic nitrogens is 2. The van der Waals surface area contributed by atoms with Crippen LogP contribution in [0.3, 0.4) is 0 Å². The van der Waals surface area contributed by atoms with E-state index in [0.717, 1.165) is 32.2 Å². The lowest BCUT2D eigenvalue weighted by Gasteiger charge is -2.26. The second kappa shape index (κ2) is 5.95. The van der Waals surface area contributed by atoms with Gasteiger partial charge in [-0.25, -0.2) is 4.98 Å². The van der Waals surface area contributed by atoms with E-state index in [-0.39, 0.29) is 17.2 Å². The summed E-state index contributed by atoms with van der Waals surface area (Å²) >= 11 is 0. The average Bonchev–Trinajstić information content (AvgIpc) is 2.38. The monoisotopic (exact) mass is 279 g/mol. The van der Waals surface area contributed by atoms with Gasteiger partial charge < -0.3 is 15.0 Å². The van der Waals surface area contributed by atoms with E-state index in [2.05, 4.69) is 10.3 Å². The Bertz CT molecular complexity index is 497. The lowest BCUT2D eigenvalue weighted by atomic mass is 9.87. The molecule has 112 valence electrons. The molecule has 1 heterocycles. The molecular formula is C15H25N3O2. The summed E-state index contributed by atoms with van der Waals surface area (Å²) in [7, 11) is 0. The second-order valence-corrected chi connectivity index (χ2v) is 6.68. The Labute approximate surface area is 120 Å². The summed E-state index contributed by atoms with van der Waals surface area (Å²) in [5, 5.41) is 12.7. The number of aliphatic hydroxyl groups excluding tert-OH is 1. The number of aliphatic hydroxyl groups is 1. The Morgan fingerprint density at radius 2 is 2.00 bits per heavy atom. The number of hydrogen-bond acceptors (Lipinski definition) is 4. The van der Waals surface area contributed by atoms with Crippen molar-refractivity contribution in [2.75, 3.05) is 11.9 Å². The van der Waals surface area contributed by atoms with Crippen LogP contribution in [0.1, 0.15) is 46.5 Å². The minimum absolute atomic E-state index is 0.0733. The van der Waals surface area contributed by atoms with Crippen LogP contribution in [0.15, 0.2) is 17.2 Å². The molecule has 1 aromatic rings. The maximum atomic E-state index is 12.3. The maximum Gasteiger partial charge on any atom is 0.293 e. The highest BCUT2D eigenvalue weighted by Crippen LogP contribution is 2.24. The van der Waals surface area contributed by atoms with Gasteiger partial charge in [-0.1, -0.05) is 0 Å². The van der Waals surface area contributed by atoms with Gasteiger partial charge in [-0.2, -0.15) is 0 Å². The van der Waals surface area contributed by atoms with Crippen molar-refractivity contribution in [2.45, 2.75) is 58.1 Å². The Kier molecular flexibility index (Phi) is 4.48. The van der Waals surface area contributed by atoms with Crippen molar-refractivity contribution in [3.8, 4) is 0 Å². The molecular weight excluding hydrogens is 254 g/mol. The highest BCUT2D eigenvalue weighted by Gasteiger charge is 2.20. The van der Waals surface area contributed by atoms with E-state index < -0.39 is 0 Å². The molecule has 0 radical (unpaired) electrons. The molecule has 5 nitrogen and oxygen atoms in total. The van der Waals surface area contributed by atoms with Crippen LogP contribution in [0.25, 0.3) is 0 Å². The third kappa shape index (κ3) is 3.60. The fourth-order valence-corrected chi connectivity index (χ4v) is 2.65. The molecule has 1 aliphatic rings. The van der Waals surface area contributed by atoms with Crippen molar-refractivity contribution < 1.29 is 5.11 Å². The minimum Gasteiger partial charge on any atom is -0.393 e. The largest absolute Gasteiger partial charge is 0.393 e. The number of nitrogens with one attached hydrogen (secondary N) is 1. The zero-order valence-electron chi connectivity index (χ0n) is 12.6. The molecule has 2 N–H and O–H groups in total. The minimum atomic E-state index is -0.245. The summed E-state index contributed by atoms with van der Waals surface area (Å²) in [4.78, 5) is 16.5. The third-order valence-corrected chi connectivity index (χ3v) is 3.94. The Morgan fingerprint density at radius 1 is 1.35 bits per heavy atom. The molecule has 0 atom stereocenters. The molecule has 0 aromatic carbocycles. The predicted molar refractivity (Wildman–Crippen MR) is 79.9 cm³/mol. The highest BCUT2D eigenvalue weighted by molar-refractivity contribution is 5.31. The average molecular weight is 279 g/mol. The molecule has 0 saturated heterocycles. The summed E-state index contributed by atoms with van der Waals surface area (Å²) in [6.45, 7) is 6.76. The van der Waals surface area contributed by atoms with Gasteiger partial charge in [0.25, 0.3) is 5.56 Å². The van der Waals surface area contributed by atoms with Gasteiger partial charge in [0, 0.05) is 24.5 Å². The van der Waals surface area contributed by atoms with Gasteiger partial charge >= 0.3 is 0 Å². The number of nitrogens with zero attached hydrogens (tertiary/aromatic N) is 2. The summed E-state index contributed by atoms with van der Waals surface area (Å²) in [6.07, 6.45) is 6.99. The van der Waals surface area contributed by atoms with Gasteiger partial charge in [0.2, 0.25) is 0 Å². The fraction of sp³-hybridized carbons (Fsp3) is 0.733. The zero-order valence-corrected chi connectivity index (χ0v) is 12.6. The number of anilines is 1. The molecule has 20 heavy (non-hydrogen) atoms. The first kappa shape index (κ1) is 15.0. The molecule has 0 unspecified atom stereocenters. The predicted octanol–water partition coefficient (Wildman–Crippen LogP) is 1.96. The van der Waals surface area contributed by atoms with Gasteiger partial charge in [0.1, 0.15) is 0 Å². The highest BCUT2D eigenvalue weighted by atomic mass is 16.3. The van der Waals surface area contributed by atoms with E-state index in [1.165, 1.54) is 0 Å². The van der Waals surface area contributed by atoms with Crippen LogP contribution in [-0.4, -0.2) is 27.3 Å². The maximum absolute atomic E-state index is 12.3. The van der Waals surface area contributed by atoms with Crippen LogP contribution in [0.5, 0.6) is 0 Å². The summed E-state index contributed by atoms with van der Waals surface area (Å²) < 4.78 is 1.70. The van der Waals surface area contributed by atoms with Crippen LogP contribution in [0, 0.1) is 5.92 Å². The van der Waals surface area contributed by atoms with Gasteiger partial charge in [-0.05, 0) is 52.4 Å². The van der Waals surface area contributed by atoms with Gasteiger partial charge in [-0.3, -0.25) is 4.79 Å². The van der Waals surface area contributed by atoms with Crippen molar-refractivity contribution in [3.05, 3.63) is 22.7 Å². The molecule has 5 heteroatoms. The van der Waals surface area contributed by atoms with Crippen molar-refractivity contribution in [3.63, 3.8) is 0 Å². The lowest BCUT2D eigenvalue weighted by Crippen LogP contribution is -2.36. The molecule has 0 aliphatic heterocycles. The summed E-state index contributed by atoms with van der Waals surface area (Å²) in [5.41, 5.74) is -0.318. The normalized spacial score (nSPS) is 23.6. The summed E-state index contributed by atoms with van der Waals surface area (Å²) in [6, 6.07) is 0. The van der Waals surface area contributed by atoms with Crippen molar-refractivity contribution in [1.29, 1.82) is 0 Å². The second-order valence-electron chi connectivity index (χ2n) is 6.68. The molecule has 2 rings (SSSR count). The third-order valence-electron chi connectivity index (χ3n) is 3.94. The number of rotatable bonds is 3. The first-order valence-electron chi connectivity index (χ1n) is 7.38. The molecule has 1 aromatic heterocycles. The van der Waals surface area contributed by atoms with Crippen LogP contribution >= 0.6 is 0 Å². The number of hydrogen-bond donors (Lipinski definition) is 2. The Balaban J connectivity index is 2.02. The standard InChI is InChI=1S/C15H25N3O2/c1-15(2,3)18-9-8-16-13(14(18)20)17-10-11-4-6-12(19)7-5-11/h8-9,11-12,19H,4-7,10H2,1-3H3,(H,16,17). The Morgan fingerprint density at radius 3 is 2.60 bits per heavy atom. The molecule has 0 spiro atoms. The topological polar surface area (TPSA) is 67.2 Å². The first-order valence-corrected chi connectivity index (χ1v) is 7.38. The molecule has 0 amide bonds. The van der Waals surface area contributed by atoms with Gasteiger partial charge in [0.05, 0.1) is 6.10 Å². The Hall–Kier alpha value is -1.36. The van der Waals surface area contributed by atoms with Crippen LogP contribution in [0.4, 0.5) is 5.82 Å². The molecule has 1 saturated carbocycles. The SMILES string of the molecule is CC(C)(C)n1ccnc(NCC2CCC(O)CC2)c1=O. The van der Waals surface area contributed by atoms with E-state index in [1.807, 2.05) is 20.8 Å². The molecule has 0 bridgehead atoms. The van der Waals surface area contributed by atoms with E-state index in [0.29, 0.717) is 11.7 Å². The lowest BCUT2D eigenvalue weighted by molar-refractivity contribution is 0.111. The van der Waals surface area contributed by atoms with Crippen LogP contribution in [-0.2, 0) is 5.54 Å². The van der Waals surface area contributed by atoms with Crippen molar-refractivity contribution in [2.24, 2.45) is 5.92 Å². The van der Waals surface area contributed by atoms with Gasteiger partial charge in [-0.15, -0.1) is 0 Å². The van der Waals surface area contributed by atoms with Crippen LogP contribution < -0.4 is 10.9 Å². The fourth-order valence-electron chi connectivity index (χ4n) is 2.65. The smallest absolute Gasteiger partial charge is 0.293 e. The van der Waals surface area contributed by atoms with Crippen molar-refractivity contribution in [1.82, 2.24) is 9.55 Å². The summed E-state index contributed by atoms with van der Waals surface area (Å²) in [5.74, 6) is 0.941. The quantitative estimate of drug-likeness (QED) is 0.887. The zero-order chi connectivity index (χ0) is 14.8. The van der Waals surface area contributed by atoms with Crippen molar-refractivity contribution >= 4 is 5.82 Å². The van der Waals surface area contributed by atoms with E-state index in [4.69, 9.17) is 0 Å².